The summed E-state index contributed by atoms with van der Waals surface area (Å²) in [5.41, 5.74) is 0.902. The van der Waals surface area contributed by atoms with Gasteiger partial charge < -0.3 is 14.7 Å². The molecule has 0 spiro atoms. The fourth-order valence-corrected chi connectivity index (χ4v) is 4.00. The summed E-state index contributed by atoms with van der Waals surface area (Å²) in [4.78, 5) is 1.97. The van der Waals surface area contributed by atoms with E-state index in [1.54, 1.807) is 0 Å². The van der Waals surface area contributed by atoms with Gasteiger partial charge in [0, 0.05) is 27.6 Å². The molecule has 2 N–H and O–H groups in total. The lowest BCUT2D eigenvalue weighted by Crippen LogP contribution is -2.53. The van der Waals surface area contributed by atoms with Crippen LogP contribution in [0.3, 0.4) is 0 Å². The number of rotatable bonds is 3. The second kappa shape index (κ2) is 5.38. The van der Waals surface area contributed by atoms with Crippen molar-refractivity contribution in [1.82, 2.24) is 9.03 Å². The van der Waals surface area contributed by atoms with E-state index >= 15 is 0 Å². The largest absolute Gasteiger partial charge is 0.486 e. The Morgan fingerprint density at radius 2 is 2.05 bits per heavy atom. The van der Waals surface area contributed by atoms with Crippen LogP contribution in [0.25, 0.3) is 0 Å². The summed E-state index contributed by atoms with van der Waals surface area (Å²) in [5.74, 6) is 0.759. The van der Waals surface area contributed by atoms with Crippen LogP contribution in [0.2, 0.25) is 0 Å². The maximum atomic E-state index is 12.0. The van der Waals surface area contributed by atoms with Crippen LogP contribution in [0.5, 0.6) is 5.75 Å². The van der Waals surface area contributed by atoms with Crippen LogP contribution in [-0.2, 0) is 10.2 Å². The molecule has 8 heteroatoms. The first kappa shape index (κ1) is 15.5. The molecule has 7 nitrogen and oxygen atoms in total. The number of fused-ring (bicyclic) bond motifs is 2. The zero-order chi connectivity index (χ0) is 16.1. The Hall–Kier alpha value is -1.35. The van der Waals surface area contributed by atoms with Crippen molar-refractivity contribution in [1.29, 1.82) is 0 Å². The summed E-state index contributed by atoms with van der Waals surface area (Å²) in [5, 5.41) is 10.6. The standard InChI is InChI=1S/C14H21N3O4S/c1-16(2)22(19,20)15-9-8-12-13(14(9)18)17(3)10-6-4-5-7-11(10)21-12/h4-7,9,12-15,18H,8H2,1-3H3/t9-,12-,13-,14-/m1/s1. The van der Waals surface area contributed by atoms with E-state index in [0.717, 1.165) is 15.7 Å². The molecule has 3 rings (SSSR count). The van der Waals surface area contributed by atoms with Gasteiger partial charge in [0.2, 0.25) is 0 Å². The summed E-state index contributed by atoms with van der Waals surface area (Å²) in [6, 6.07) is 6.77. The zero-order valence-corrected chi connectivity index (χ0v) is 13.6. The number of hydrogen-bond acceptors (Lipinski definition) is 5. The number of anilines is 1. The molecule has 1 aromatic rings. The van der Waals surface area contributed by atoms with Gasteiger partial charge in [-0.1, -0.05) is 12.1 Å². The molecule has 1 aliphatic carbocycles. The molecule has 0 aromatic heterocycles. The Bertz CT molecular complexity index is 664. The lowest BCUT2D eigenvalue weighted by Gasteiger charge is -2.39. The summed E-state index contributed by atoms with van der Waals surface area (Å²) in [6.07, 6.45) is -0.653. The Morgan fingerprint density at radius 3 is 2.73 bits per heavy atom. The monoisotopic (exact) mass is 327 g/mol. The quantitative estimate of drug-likeness (QED) is 0.802. The number of hydrogen-bond donors (Lipinski definition) is 2. The lowest BCUT2D eigenvalue weighted by atomic mass is 10.1. The molecule has 0 amide bonds. The molecule has 22 heavy (non-hydrogen) atoms. The average Bonchev–Trinajstić information content (AvgIpc) is 2.75. The maximum Gasteiger partial charge on any atom is 0.279 e. The minimum Gasteiger partial charge on any atom is -0.486 e. The molecule has 122 valence electrons. The van der Waals surface area contributed by atoms with Crippen molar-refractivity contribution in [3.8, 4) is 5.75 Å². The summed E-state index contributed by atoms with van der Waals surface area (Å²) < 4.78 is 33.6. The van der Waals surface area contributed by atoms with Crippen LogP contribution in [0.15, 0.2) is 24.3 Å². The van der Waals surface area contributed by atoms with Crippen molar-refractivity contribution in [3.05, 3.63) is 24.3 Å². The molecule has 0 bridgehead atoms. The molecule has 1 heterocycles. The minimum absolute atomic E-state index is 0.246. The van der Waals surface area contributed by atoms with Gasteiger partial charge in [0.1, 0.15) is 11.9 Å². The SMILES string of the molecule is CN1c2ccccc2O[C@@H]2C[C@@H](NS(=O)(=O)N(C)C)[C@@H](O)[C@@H]21. The van der Waals surface area contributed by atoms with Crippen molar-refractivity contribution in [2.75, 3.05) is 26.0 Å². The van der Waals surface area contributed by atoms with E-state index < -0.39 is 22.4 Å². The highest BCUT2D eigenvalue weighted by Crippen LogP contribution is 2.40. The van der Waals surface area contributed by atoms with Crippen molar-refractivity contribution < 1.29 is 18.3 Å². The molecule has 4 atom stereocenters. The predicted molar refractivity (Wildman–Crippen MR) is 83.2 cm³/mol. The third-order valence-corrected chi connectivity index (χ3v) is 5.94. The zero-order valence-electron chi connectivity index (χ0n) is 12.8. The van der Waals surface area contributed by atoms with Gasteiger partial charge in [0.15, 0.2) is 0 Å². The molecule has 0 radical (unpaired) electrons. The van der Waals surface area contributed by atoms with E-state index in [-0.39, 0.29) is 12.1 Å². The van der Waals surface area contributed by atoms with Crippen molar-refractivity contribution in [3.63, 3.8) is 0 Å². The van der Waals surface area contributed by atoms with Crippen molar-refractivity contribution in [2.45, 2.75) is 30.7 Å². The number of para-hydroxylation sites is 2. The molecular weight excluding hydrogens is 306 g/mol. The van der Waals surface area contributed by atoms with Crippen molar-refractivity contribution >= 4 is 15.9 Å². The predicted octanol–water partition coefficient (Wildman–Crippen LogP) is -0.218. The second-order valence-electron chi connectivity index (χ2n) is 5.96. The van der Waals surface area contributed by atoms with Crippen LogP contribution in [0.1, 0.15) is 6.42 Å². The van der Waals surface area contributed by atoms with E-state index in [1.165, 1.54) is 14.1 Å². The van der Waals surface area contributed by atoms with Crippen molar-refractivity contribution in [2.24, 2.45) is 0 Å². The Labute approximate surface area is 130 Å². The molecule has 1 aromatic carbocycles. The number of nitrogens with one attached hydrogen (secondary N) is 1. The van der Waals surface area contributed by atoms with Crippen LogP contribution < -0.4 is 14.4 Å². The lowest BCUT2D eigenvalue weighted by molar-refractivity contribution is 0.104. The van der Waals surface area contributed by atoms with Gasteiger partial charge in [-0.3, -0.25) is 0 Å². The van der Waals surface area contributed by atoms with Crippen LogP contribution in [-0.4, -0.2) is 63.3 Å². The number of aliphatic hydroxyl groups is 1. The van der Waals surface area contributed by atoms with Gasteiger partial charge in [-0.2, -0.15) is 17.4 Å². The highest BCUT2D eigenvalue weighted by atomic mass is 32.2. The molecule has 1 aliphatic heterocycles. The number of benzene rings is 1. The third-order valence-electron chi connectivity index (χ3n) is 4.38. The molecule has 0 saturated heterocycles. The molecule has 1 saturated carbocycles. The summed E-state index contributed by atoms with van der Waals surface area (Å²) in [6.45, 7) is 0. The Balaban J connectivity index is 1.84. The van der Waals surface area contributed by atoms with E-state index in [4.69, 9.17) is 4.74 Å². The summed E-state index contributed by atoms with van der Waals surface area (Å²) in [7, 11) is 1.21. The summed E-state index contributed by atoms with van der Waals surface area (Å²) >= 11 is 0. The Morgan fingerprint density at radius 1 is 1.36 bits per heavy atom. The number of nitrogens with zero attached hydrogens (tertiary/aromatic N) is 2. The smallest absolute Gasteiger partial charge is 0.279 e. The van der Waals surface area contributed by atoms with Gasteiger partial charge in [0.25, 0.3) is 10.2 Å². The fourth-order valence-electron chi connectivity index (χ4n) is 3.17. The van der Waals surface area contributed by atoms with E-state index in [2.05, 4.69) is 4.72 Å². The van der Waals surface area contributed by atoms with Gasteiger partial charge in [-0.15, -0.1) is 0 Å². The van der Waals surface area contributed by atoms with Gasteiger partial charge in [-0.25, -0.2) is 0 Å². The number of ether oxygens (including phenoxy) is 1. The first-order chi connectivity index (χ1) is 10.3. The molecule has 1 fully saturated rings. The molecular formula is C14H21N3O4S. The van der Waals surface area contributed by atoms with Gasteiger partial charge in [-0.05, 0) is 12.1 Å². The number of likely N-dealkylation sites (N-methyl/N-ethyl adjacent to an activating group) is 1. The molecule has 2 aliphatic rings. The second-order valence-corrected chi connectivity index (χ2v) is 7.88. The highest BCUT2D eigenvalue weighted by molar-refractivity contribution is 7.87. The average molecular weight is 327 g/mol. The topological polar surface area (TPSA) is 82.1 Å². The highest BCUT2D eigenvalue weighted by Gasteiger charge is 2.50. The maximum absolute atomic E-state index is 12.0. The third kappa shape index (κ3) is 2.45. The van der Waals surface area contributed by atoms with Crippen LogP contribution >= 0.6 is 0 Å². The molecule has 0 unspecified atom stereocenters. The minimum atomic E-state index is -3.59. The Kier molecular flexibility index (Phi) is 3.80. The van der Waals surface area contributed by atoms with E-state index in [1.807, 2.05) is 36.2 Å². The van der Waals surface area contributed by atoms with Gasteiger partial charge >= 0.3 is 0 Å². The normalized spacial score (nSPS) is 30.9. The van der Waals surface area contributed by atoms with Gasteiger partial charge in [0.05, 0.1) is 23.9 Å². The van der Waals surface area contributed by atoms with Crippen LogP contribution in [0.4, 0.5) is 5.69 Å². The fraction of sp³-hybridized carbons (Fsp3) is 0.571. The van der Waals surface area contributed by atoms with Crippen LogP contribution in [0, 0.1) is 0 Å². The van der Waals surface area contributed by atoms with E-state index in [0.29, 0.717) is 6.42 Å². The first-order valence-corrected chi connectivity index (χ1v) is 8.61. The first-order valence-electron chi connectivity index (χ1n) is 7.17. The number of aliphatic hydroxyl groups excluding tert-OH is 1. The van der Waals surface area contributed by atoms with E-state index in [9.17, 15) is 13.5 Å².